The SMILES string of the molecule is OC[C@@H]1[C@@H](O)[C@H](O)[C@@H](O)CN1CCN1CCOCC1. The van der Waals surface area contributed by atoms with Crippen LogP contribution in [0.4, 0.5) is 0 Å². The van der Waals surface area contributed by atoms with Crippen LogP contribution in [0.15, 0.2) is 0 Å². The Bertz CT molecular complexity index is 275. The van der Waals surface area contributed by atoms with Crippen LogP contribution < -0.4 is 0 Å². The fourth-order valence-corrected chi connectivity index (χ4v) is 2.73. The monoisotopic (exact) mass is 276 g/mol. The molecule has 0 aromatic heterocycles. The van der Waals surface area contributed by atoms with Crippen LogP contribution in [0.25, 0.3) is 0 Å². The van der Waals surface area contributed by atoms with Crippen molar-refractivity contribution in [2.75, 3.05) is 52.5 Å². The summed E-state index contributed by atoms with van der Waals surface area (Å²) in [4.78, 5) is 4.10. The molecule has 4 N–H and O–H groups in total. The zero-order valence-corrected chi connectivity index (χ0v) is 11.1. The van der Waals surface area contributed by atoms with E-state index in [4.69, 9.17) is 4.74 Å². The molecule has 0 saturated carbocycles. The van der Waals surface area contributed by atoms with Gasteiger partial charge in [0.15, 0.2) is 0 Å². The maximum Gasteiger partial charge on any atom is 0.109 e. The molecule has 4 atom stereocenters. The maximum absolute atomic E-state index is 9.87. The molecule has 0 aromatic carbocycles. The summed E-state index contributed by atoms with van der Waals surface area (Å²) in [6, 6.07) is -0.514. The zero-order chi connectivity index (χ0) is 13.8. The molecule has 0 aliphatic carbocycles. The van der Waals surface area contributed by atoms with Gasteiger partial charge in [-0.05, 0) is 0 Å². The Balaban J connectivity index is 1.86. The third-order valence-corrected chi connectivity index (χ3v) is 4.02. The average molecular weight is 276 g/mol. The molecule has 7 heteroatoms. The van der Waals surface area contributed by atoms with Crippen molar-refractivity contribution in [2.45, 2.75) is 24.4 Å². The van der Waals surface area contributed by atoms with Gasteiger partial charge in [-0.1, -0.05) is 0 Å². The first-order valence-corrected chi connectivity index (χ1v) is 6.82. The van der Waals surface area contributed by atoms with Crippen molar-refractivity contribution in [3.63, 3.8) is 0 Å². The highest BCUT2D eigenvalue weighted by atomic mass is 16.5. The molecule has 2 rings (SSSR count). The van der Waals surface area contributed by atoms with E-state index in [9.17, 15) is 20.4 Å². The lowest BCUT2D eigenvalue weighted by Gasteiger charge is -2.43. The maximum atomic E-state index is 9.87. The van der Waals surface area contributed by atoms with Crippen molar-refractivity contribution >= 4 is 0 Å². The van der Waals surface area contributed by atoms with Crippen LogP contribution in [-0.2, 0) is 4.74 Å². The normalized spacial score (nSPS) is 38.5. The fraction of sp³-hybridized carbons (Fsp3) is 1.00. The Hall–Kier alpha value is -0.280. The molecule has 0 unspecified atom stereocenters. The summed E-state index contributed by atoms with van der Waals surface area (Å²) in [5.41, 5.74) is 0. The van der Waals surface area contributed by atoms with E-state index in [2.05, 4.69) is 4.90 Å². The van der Waals surface area contributed by atoms with Crippen LogP contribution in [0.3, 0.4) is 0 Å². The van der Waals surface area contributed by atoms with Crippen LogP contribution >= 0.6 is 0 Å². The van der Waals surface area contributed by atoms with Gasteiger partial charge < -0.3 is 25.2 Å². The highest BCUT2D eigenvalue weighted by molar-refractivity contribution is 4.94. The van der Waals surface area contributed by atoms with E-state index in [0.717, 1.165) is 32.8 Å². The van der Waals surface area contributed by atoms with E-state index in [1.807, 2.05) is 4.90 Å². The standard InChI is InChI=1S/C12H24N2O5/c15-8-9-11(17)12(18)10(16)7-14(9)2-1-13-3-5-19-6-4-13/h9-12,15-18H,1-8H2/t9-,10+,11-,12-/m1/s1. The third kappa shape index (κ3) is 3.63. The Labute approximate surface area is 113 Å². The fourth-order valence-electron chi connectivity index (χ4n) is 2.73. The predicted octanol–water partition coefficient (Wildman–Crippen LogP) is -2.92. The van der Waals surface area contributed by atoms with Crippen molar-refractivity contribution in [1.29, 1.82) is 0 Å². The van der Waals surface area contributed by atoms with E-state index in [-0.39, 0.29) is 13.2 Å². The minimum Gasteiger partial charge on any atom is -0.395 e. The van der Waals surface area contributed by atoms with Gasteiger partial charge in [-0.2, -0.15) is 0 Å². The molecule has 0 aromatic rings. The van der Waals surface area contributed by atoms with Crippen molar-refractivity contribution < 1.29 is 25.2 Å². The van der Waals surface area contributed by atoms with Crippen LogP contribution in [0.1, 0.15) is 0 Å². The highest BCUT2D eigenvalue weighted by Gasteiger charge is 2.40. The van der Waals surface area contributed by atoms with Gasteiger partial charge in [0.05, 0.1) is 32.0 Å². The summed E-state index contributed by atoms with van der Waals surface area (Å²) in [7, 11) is 0. The molecule has 7 nitrogen and oxygen atoms in total. The largest absolute Gasteiger partial charge is 0.395 e. The van der Waals surface area contributed by atoms with Gasteiger partial charge in [0.2, 0.25) is 0 Å². The van der Waals surface area contributed by atoms with E-state index < -0.39 is 24.4 Å². The molecular weight excluding hydrogens is 252 g/mol. The quantitative estimate of drug-likeness (QED) is 0.437. The molecule has 0 bridgehead atoms. The number of rotatable bonds is 4. The molecule has 0 spiro atoms. The van der Waals surface area contributed by atoms with Gasteiger partial charge in [-0.3, -0.25) is 9.80 Å². The second-order valence-corrected chi connectivity index (χ2v) is 5.25. The number of nitrogens with zero attached hydrogens (tertiary/aromatic N) is 2. The molecule has 0 amide bonds. The first-order chi connectivity index (χ1) is 9.13. The Morgan fingerprint density at radius 1 is 1.00 bits per heavy atom. The lowest BCUT2D eigenvalue weighted by atomic mass is 9.94. The van der Waals surface area contributed by atoms with Crippen molar-refractivity contribution in [2.24, 2.45) is 0 Å². The second-order valence-electron chi connectivity index (χ2n) is 5.25. The molecule has 19 heavy (non-hydrogen) atoms. The number of hydrogen-bond donors (Lipinski definition) is 4. The van der Waals surface area contributed by atoms with Gasteiger partial charge in [0.1, 0.15) is 12.2 Å². The average Bonchev–Trinajstić information content (AvgIpc) is 2.44. The Morgan fingerprint density at radius 2 is 1.68 bits per heavy atom. The van der Waals surface area contributed by atoms with Crippen LogP contribution in [-0.4, -0.2) is 107 Å². The number of hydrogen-bond acceptors (Lipinski definition) is 7. The number of aliphatic hydroxyl groups excluding tert-OH is 4. The topological polar surface area (TPSA) is 96.6 Å². The number of aliphatic hydroxyl groups is 4. The Morgan fingerprint density at radius 3 is 2.32 bits per heavy atom. The summed E-state index contributed by atoms with van der Waals surface area (Å²) in [5.74, 6) is 0. The van der Waals surface area contributed by atoms with Crippen LogP contribution in [0, 0.1) is 0 Å². The number of ether oxygens (including phenoxy) is 1. The molecule has 112 valence electrons. The van der Waals surface area contributed by atoms with Crippen LogP contribution in [0.2, 0.25) is 0 Å². The van der Waals surface area contributed by atoms with E-state index in [0.29, 0.717) is 6.54 Å². The van der Waals surface area contributed by atoms with Gasteiger partial charge in [-0.15, -0.1) is 0 Å². The van der Waals surface area contributed by atoms with Crippen molar-refractivity contribution in [1.82, 2.24) is 9.80 Å². The highest BCUT2D eigenvalue weighted by Crippen LogP contribution is 2.18. The Kier molecular flexibility index (Phi) is 5.52. The second kappa shape index (κ2) is 6.94. The predicted molar refractivity (Wildman–Crippen MR) is 67.7 cm³/mol. The van der Waals surface area contributed by atoms with Crippen LogP contribution in [0.5, 0.6) is 0 Å². The first kappa shape index (κ1) is 15.1. The minimum absolute atomic E-state index is 0.228. The van der Waals surface area contributed by atoms with E-state index in [1.54, 1.807) is 0 Å². The van der Waals surface area contributed by atoms with Crippen molar-refractivity contribution in [3.8, 4) is 0 Å². The number of morpholine rings is 1. The summed E-state index contributed by atoms with van der Waals surface area (Å²) in [6.45, 7) is 4.71. The van der Waals surface area contributed by atoms with Gasteiger partial charge in [0, 0.05) is 32.7 Å². The lowest BCUT2D eigenvalue weighted by Crippen LogP contribution is -2.63. The van der Waals surface area contributed by atoms with Gasteiger partial charge in [0.25, 0.3) is 0 Å². The lowest BCUT2D eigenvalue weighted by molar-refractivity contribution is -0.146. The molecule has 0 radical (unpaired) electrons. The molecule has 2 fully saturated rings. The molecule has 2 aliphatic heterocycles. The zero-order valence-electron chi connectivity index (χ0n) is 11.1. The number of β-amino-alcohol motifs (C(OH)–C–C–N with tert-alkyl or cyclic N) is 1. The molecule has 2 saturated heterocycles. The van der Waals surface area contributed by atoms with Crippen molar-refractivity contribution in [3.05, 3.63) is 0 Å². The third-order valence-electron chi connectivity index (χ3n) is 4.02. The summed E-state index contributed by atoms with van der Waals surface area (Å²) >= 11 is 0. The van der Waals surface area contributed by atoms with E-state index in [1.165, 1.54) is 0 Å². The summed E-state index contributed by atoms with van der Waals surface area (Å²) < 4.78 is 5.27. The van der Waals surface area contributed by atoms with Gasteiger partial charge in [-0.25, -0.2) is 0 Å². The minimum atomic E-state index is -1.18. The molecule has 2 aliphatic rings. The summed E-state index contributed by atoms with van der Waals surface area (Å²) in [5, 5.41) is 38.5. The number of piperidine rings is 1. The summed E-state index contributed by atoms with van der Waals surface area (Å²) in [6.07, 6.45) is -3.27. The first-order valence-electron chi connectivity index (χ1n) is 6.82. The van der Waals surface area contributed by atoms with Gasteiger partial charge >= 0.3 is 0 Å². The van der Waals surface area contributed by atoms with E-state index >= 15 is 0 Å². The number of likely N-dealkylation sites (tertiary alicyclic amines) is 1. The molecule has 2 heterocycles. The smallest absolute Gasteiger partial charge is 0.109 e. The molecular formula is C12H24N2O5.